The van der Waals surface area contributed by atoms with E-state index in [-0.39, 0.29) is 9.79 Å². The largest absolute Gasteiger partial charge is 0.223 e. The molecule has 0 spiro atoms. The summed E-state index contributed by atoms with van der Waals surface area (Å²) in [7, 11) is -9.08. The highest BCUT2D eigenvalue weighted by atomic mass is 32.3. The number of hydrogen-bond donors (Lipinski definition) is 0. The molecular formula is C15H16O4S3. The van der Waals surface area contributed by atoms with E-state index in [2.05, 4.69) is 0 Å². The van der Waals surface area contributed by atoms with Gasteiger partial charge in [-0.2, -0.15) is 10.5 Å². The standard InChI is InChI=1S/C15H16O4S3/c1-20(2)15(21(16,17)13-9-5-3-6-10-13)22(18,19)14-11-7-4-8-12-14/h3-12H,1-2H3. The van der Waals surface area contributed by atoms with Crippen molar-refractivity contribution >= 4 is 33.7 Å². The van der Waals surface area contributed by atoms with Gasteiger partial charge in [0, 0.05) is 0 Å². The summed E-state index contributed by atoms with van der Waals surface area (Å²) in [6, 6.07) is 15.3. The van der Waals surface area contributed by atoms with Crippen molar-refractivity contribution in [2.24, 2.45) is 0 Å². The third-order valence-corrected chi connectivity index (χ3v) is 10.8. The van der Waals surface area contributed by atoms with Gasteiger partial charge in [0.05, 0.1) is 9.79 Å². The Balaban J connectivity index is 2.72. The summed E-state index contributed by atoms with van der Waals surface area (Å²) in [6.07, 6.45) is 3.19. The zero-order chi connectivity index (χ0) is 16.4. The van der Waals surface area contributed by atoms with Crippen LogP contribution >= 0.6 is 10.5 Å². The first-order chi connectivity index (χ1) is 10.3. The van der Waals surface area contributed by atoms with Crippen LogP contribution in [0.1, 0.15) is 0 Å². The average molecular weight is 356 g/mol. The van der Waals surface area contributed by atoms with E-state index in [0.29, 0.717) is 0 Å². The SMILES string of the molecule is CS(C)=C(S(=O)(=O)c1ccccc1)S(=O)(=O)c1ccccc1. The molecule has 0 heterocycles. The molecule has 0 aliphatic heterocycles. The van der Waals surface area contributed by atoms with Gasteiger partial charge in [-0.1, -0.05) is 36.4 Å². The van der Waals surface area contributed by atoms with E-state index in [1.54, 1.807) is 48.9 Å². The zero-order valence-corrected chi connectivity index (χ0v) is 14.6. The molecule has 0 radical (unpaired) electrons. The second-order valence-electron chi connectivity index (χ2n) is 4.70. The van der Waals surface area contributed by atoms with Crippen molar-refractivity contribution in [2.75, 3.05) is 12.5 Å². The Morgan fingerprint density at radius 3 is 1.27 bits per heavy atom. The maximum Gasteiger partial charge on any atom is 0.223 e. The van der Waals surface area contributed by atoms with Crippen LogP contribution in [0.5, 0.6) is 0 Å². The third-order valence-electron chi connectivity index (χ3n) is 2.88. The van der Waals surface area contributed by atoms with Crippen molar-refractivity contribution in [2.45, 2.75) is 9.79 Å². The number of hydrogen-bond acceptors (Lipinski definition) is 4. The van der Waals surface area contributed by atoms with Gasteiger partial charge >= 0.3 is 0 Å². The lowest BCUT2D eigenvalue weighted by atomic mass is 10.4. The fraction of sp³-hybridized carbons (Fsp3) is 0.133. The Kier molecular flexibility index (Phi) is 4.89. The minimum absolute atomic E-state index is 0.00861. The Morgan fingerprint density at radius 2 is 1.00 bits per heavy atom. The van der Waals surface area contributed by atoms with Crippen LogP contribution < -0.4 is 0 Å². The predicted molar refractivity (Wildman–Crippen MR) is 91.7 cm³/mol. The van der Waals surface area contributed by atoms with Gasteiger partial charge in [0.2, 0.25) is 19.7 Å². The summed E-state index contributed by atoms with van der Waals surface area (Å²) in [5.74, 6) is 0. The minimum Gasteiger partial charge on any atom is -0.217 e. The molecule has 0 saturated carbocycles. The molecule has 0 N–H and O–H groups in total. The van der Waals surface area contributed by atoms with Crippen molar-refractivity contribution in [1.29, 1.82) is 0 Å². The highest BCUT2D eigenvalue weighted by molar-refractivity contribution is 8.47. The van der Waals surface area contributed by atoms with E-state index in [1.807, 2.05) is 0 Å². The lowest BCUT2D eigenvalue weighted by Gasteiger charge is -2.12. The van der Waals surface area contributed by atoms with Gasteiger partial charge in [-0.05, 0) is 36.8 Å². The quantitative estimate of drug-likeness (QED) is 0.776. The molecule has 0 aliphatic carbocycles. The second-order valence-corrected chi connectivity index (χ2v) is 11.3. The molecule has 118 valence electrons. The molecule has 0 unspecified atom stereocenters. The van der Waals surface area contributed by atoms with Gasteiger partial charge in [0.1, 0.15) is 0 Å². The highest BCUT2D eigenvalue weighted by Gasteiger charge is 2.34. The van der Waals surface area contributed by atoms with Crippen molar-refractivity contribution < 1.29 is 16.8 Å². The molecule has 4 nitrogen and oxygen atoms in total. The van der Waals surface area contributed by atoms with Crippen molar-refractivity contribution in [3.63, 3.8) is 0 Å². The van der Waals surface area contributed by atoms with Crippen LogP contribution in [0, 0.1) is 0 Å². The van der Waals surface area contributed by atoms with Gasteiger partial charge in [-0.3, -0.25) is 0 Å². The van der Waals surface area contributed by atoms with E-state index in [1.165, 1.54) is 24.3 Å². The molecular weight excluding hydrogens is 340 g/mol. The van der Waals surface area contributed by atoms with Crippen LogP contribution in [-0.2, 0) is 19.7 Å². The monoisotopic (exact) mass is 356 g/mol. The number of benzene rings is 2. The molecule has 2 rings (SSSR count). The summed E-state index contributed by atoms with van der Waals surface area (Å²) >= 11 is 0. The fourth-order valence-electron chi connectivity index (χ4n) is 1.98. The molecule has 0 amide bonds. The lowest BCUT2D eigenvalue weighted by molar-refractivity contribution is 0.603. The predicted octanol–water partition coefficient (Wildman–Crippen LogP) is 2.55. The number of sulfone groups is 2. The van der Waals surface area contributed by atoms with Crippen LogP contribution in [0.25, 0.3) is 0 Å². The van der Waals surface area contributed by atoms with Crippen LogP contribution in [-0.4, -0.2) is 32.9 Å². The topological polar surface area (TPSA) is 68.3 Å². The maximum atomic E-state index is 12.8. The normalized spacial score (nSPS) is 12.3. The first-order valence-corrected chi connectivity index (χ1v) is 11.3. The molecule has 0 bridgehead atoms. The van der Waals surface area contributed by atoms with Crippen LogP contribution in [0.2, 0.25) is 0 Å². The molecule has 0 aromatic heterocycles. The molecule has 22 heavy (non-hydrogen) atoms. The molecule has 0 atom stereocenters. The van der Waals surface area contributed by atoms with Crippen molar-refractivity contribution in [3.8, 4) is 0 Å². The molecule has 0 saturated heterocycles. The summed E-state index contributed by atoms with van der Waals surface area (Å²) in [5, 5.41) is 0. The van der Waals surface area contributed by atoms with Gasteiger partial charge in [-0.15, -0.1) is 0 Å². The number of rotatable bonds is 2. The first kappa shape index (κ1) is 16.9. The smallest absolute Gasteiger partial charge is 0.217 e. The third kappa shape index (κ3) is 3.16. The van der Waals surface area contributed by atoms with Crippen LogP contribution in [0.15, 0.2) is 70.5 Å². The zero-order valence-electron chi connectivity index (χ0n) is 12.1. The summed E-state index contributed by atoms with van der Waals surface area (Å²) in [5.41, 5.74) is 0. The molecule has 2 aromatic carbocycles. The first-order valence-electron chi connectivity index (χ1n) is 6.33. The van der Waals surface area contributed by atoms with E-state index in [4.69, 9.17) is 0 Å². The second kappa shape index (κ2) is 6.36. The lowest BCUT2D eigenvalue weighted by Crippen LogP contribution is -2.25. The minimum atomic E-state index is -4.07. The van der Waals surface area contributed by atoms with Crippen LogP contribution in [0.4, 0.5) is 0 Å². The summed E-state index contributed by atoms with van der Waals surface area (Å²) in [6.45, 7) is 0. The molecule has 0 aliphatic rings. The Labute approximate surface area is 133 Å². The van der Waals surface area contributed by atoms with Gasteiger partial charge < -0.3 is 0 Å². The Morgan fingerprint density at radius 1 is 0.682 bits per heavy atom. The Bertz CT molecular complexity index is 822. The van der Waals surface area contributed by atoms with E-state index in [9.17, 15) is 16.8 Å². The maximum absolute atomic E-state index is 12.8. The summed E-state index contributed by atoms with van der Waals surface area (Å²) < 4.78 is 50.7. The van der Waals surface area contributed by atoms with Crippen molar-refractivity contribution in [1.82, 2.24) is 0 Å². The molecule has 7 heteroatoms. The highest BCUT2D eigenvalue weighted by Crippen LogP contribution is 2.26. The van der Waals surface area contributed by atoms with Gasteiger partial charge in [0.25, 0.3) is 0 Å². The van der Waals surface area contributed by atoms with Gasteiger partial charge in [-0.25, -0.2) is 16.8 Å². The summed E-state index contributed by atoms with van der Waals surface area (Å²) in [4.78, 5) is -0.0172. The average Bonchev–Trinajstić information content (AvgIpc) is 2.48. The van der Waals surface area contributed by atoms with Gasteiger partial charge in [0.15, 0.2) is 3.53 Å². The van der Waals surface area contributed by atoms with Crippen LogP contribution in [0.3, 0.4) is 0 Å². The van der Waals surface area contributed by atoms with Crippen molar-refractivity contribution in [3.05, 3.63) is 60.7 Å². The molecule has 2 aromatic rings. The van der Waals surface area contributed by atoms with E-state index >= 15 is 0 Å². The fourth-order valence-corrected chi connectivity index (χ4v) is 9.21. The van der Waals surface area contributed by atoms with E-state index in [0.717, 1.165) is 0 Å². The Hall–Kier alpha value is -1.44. The van der Waals surface area contributed by atoms with E-state index < -0.39 is 33.7 Å². The molecule has 0 fully saturated rings.